The van der Waals surface area contributed by atoms with Gasteiger partial charge in [-0.25, -0.2) is 13.6 Å². The van der Waals surface area contributed by atoms with Crippen LogP contribution < -0.4 is 5.14 Å². The molecule has 94 valence electrons. The molecule has 0 radical (unpaired) electrons. The van der Waals surface area contributed by atoms with Gasteiger partial charge in [0.15, 0.2) is 0 Å². The molecule has 0 spiro atoms. The van der Waals surface area contributed by atoms with Crippen molar-refractivity contribution in [3.05, 3.63) is 46.6 Å². The highest BCUT2D eigenvalue weighted by Gasteiger charge is 2.37. The number of primary sulfonamides is 1. The summed E-state index contributed by atoms with van der Waals surface area (Å²) in [5.74, 6) is 0.469. The molecule has 2 atom stereocenters. The minimum atomic E-state index is -3.57. The predicted octanol–water partition coefficient (Wildman–Crippen LogP) is 1.65. The molecule has 18 heavy (non-hydrogen) atoms. The molecule has 1 aliphatic heterocycles. The largest absolute Gasteiger partial charge is 0.265 e. The summed E-state index contributed by atoms with van der Waals surface area (Å²) in [4.78, 5) is 4.43. The van der Waals surface area contributed by atoms with Crippen molar-refractivity contribution >= 4 is 16.2 Å². The van der Waals surface area contributed by atoms with Gasteiger partial charge in [-0.05, 0) is 30.9 Å². The van der Waals surface area contributed by atoms with Crippen LogP contribution in [0, 0.1) is 11.8 Å². The topological polar surface area (TPSA) is 72.5 Å². The van der Waals surface area contributed by atoms with E-state index in [4.69, 9.17) is 5.14 Å². The van der Waals surface area contributed by atoms with Crippen LogP contribution in [-0.2, 0) is 10.0 Å². The number of sulfonamides is 1. The molecular weight excluding hydrogens is 248 g/mol. The van der Waals surface area contributed by atoms with Gasteiger partial charge in [-0.2, -0.15) is 0 Å². The summed E-state index contributed by atoms with van der Waals surface area (Å²) in [5.41, 5.74) is 2.59. The monoisotopic (exact) mass is 262 g/mol. The molecule has 2 N–H and O–H groups in total. The number of fused-ring (bicyclic) bond motifs is 3. The SMILES string of the molecule is NS(=O)(=O)C1=CC=C2CC3=CC=NC=C[C@@H]3[C@H]2C1. The van der Waals surface area contributed by atoms with E-state index in [2.05, 4.69) is 4.99 Å². The van der Waals surface area contributed by atoms with E-state index in [1.165, 1.54) is 11.1 Å². The molecular formula is C13H14N2O2S. The van der Waals surface area contributed by atoms with E-state index in [9.17, 15) is 8.42 Å². The number of rotatable bonds is 1. The van der Waals surface area contributed by atoms with Crippen LogP contribution >= 0.6 is 0 Å². The van der Waals surface area contributed by atoms with E-state index >= 15 is 0 Å². The van der Waals surface area contributed by atoms with Gasteiger partial charge in [0, 0.05) is 18.3 Å². The second-order valence-electron chi connectivity index (χ2n) is 4.81. The van der Waals surface area contributed by atoms with E-state index in [0.29, 0.717) is 11.3 Å². The van der Waals surface area contributed by atoms with Gasteiger partial charge >= 0.3 is 0 Å². The maximum absolute atomic E-state index is 11.4. The number of nitrogens with zero attached hydrogens (tertiary/aromatic N) is 1. The Morgan fingerprint density at radius 2 is 2.06 bits per heavy atom. The molecule has 2 aliphatic carbocycles. The minimum Gasteiger partial charge on any atom is -0.265 e. The zero-order valence-corrected chi connectivity index (χ0v) is 10.6. The standard InChI is InChI=1S/C13H14N2O2S/c14-18(16,17)11-2-1-9-7-10-3-5-15-6-4-12(10)13(9)8-11/h1-6,12-13H,7-8H2,(H2,14,16,17)/t12-,13-/m0/s1. The lowest BCUT2D eigenvalue weighted by Gasteiger charge is -2.21. The molecule has 0 amide bonds. The van der Waals surface area contributed by atoms with E-state index in [0.717, 1.165) is 6.42 Å². The second kappa shape index (κ2) is 4.03. The van der Waals surface area contributed by atoms with Gasteiger partial charge in [-0.15, -0.1) is 0 Å². The maximum atomic E-state index is 11.4. The van der Waals surface area contributed by atoms with Crippen molar-refractivity contribution in [3.63, 3.8) is 0 Å². The summed E-state index contributed by atoms with van der Waals surface area (Å²) in [5, 5.41) is 5.21. The lowest BCUT2D eigenvalue weighted by atomic mass is 9.86. The summed E-state index contributed by atoms with van der Waals surface area (Å²) >= 11 is 0. The first kappa shape index (κ1) is 11.6. The Balaban J connectivity index is 1.97. The smallest absolute Gasteiger partial charge is 0.234 e. The van der Waals surface area contributed by atoms with Gasteiger partial charge in [-0.1, -0.05) is 23.3 Å². The summed E-state index contributed by atoms with van der Waals surface area (Å²) in [6, 6.07) is 0. The van der Waals surface area contributed by atoms with Gasteiger partial charge in [-0.3, -0.25) is 4.99 Å². The van der Waals surface area contributed by atoms with Crippen LogP contribution in [0.3, 0.4) is 0 Å². The van der Waals surface area contributed by atoms with Crippen molar-refractivity contribution < 1.29 is 8.42 Å². The van der Waals surface area contributed by atoms with Gasteiger partial charge in [0.25, 0.3) is 0 Å². The normalized spacial score (nSPS) is 29.9. The molecule has 4 nitrogen and oxygen atoms in total. The minimum absolute atomic E-state index is 0.215. The Hall–Kier alpha value is -1.46. The molecule has 5 heteroatoms. The number of hydrogen-bond acceptors (Lipinski definition) is 3. The molecule has 0 aromatic rings. The van der Waals surface area contributed by atoms with Crippen LogP contribution in [0.25, 0.3) is 0 Å². The van der Waals surface area contributed by atoms with Crippen molar-refractivity contribution in [1.82, 2.24) is 0 Å². The fourth-order valence-corrected chi connectivity index (χ4v) is 3.54. The number of allylic oxidation sites excluding steroid dienone is 7. The number of aliphatic imine (C=N–C) groups is 1. The summed E-state index contributed by atoms with van der Waals surface area (Å²) in [6.07, 6.45) is 12.6. The van der Waals surface area contributed by atoms with Crippen LogP contribution in [0.15, 0.2) is 51.5 Å². The second-order valence-corrected chi connectivity index (χ2v) is 6.43. The summed E-state index contributed by atoms with van der Waals surface area (Å²) < 4.78 is 22.9. The third-order valence-electron chi connectivity index (χ3n) is 3.77. The van der Waals surface area contributed by atoms with E-state index in [1.54, 1.807) is 18.5 Å². The van der Waals surface area contributed by atoms with Crippen LogP contribution in [0.5, 0.6) is 0 Å². The average Bonchev–Trinajstić information content (AvgIpc) is 2.50. The molecule has 0 aromatic carbocycles. The van der Waals surface area contributed by atoms with Crippen LogP contribution in [-0.4, -0.2) is 14.6 Å². The zero-order valence-electron chi connectivity index (χ0n) is 9.78. The molecule has 0 saturated heterocycles. The van der Waals surface area contributed by atoms with E-state index in [1.807, 2.05) is 18.2 Å². The van der Waals surface area contributed by atoms with Gasteiger partial charge in [0.05, 0.1) is 4.91 Å². The Morgan fingerprint density at radius 3 is 2.83 bits per heavy atom. The number of hydrogen-bond donors (Lipinski definition) is 1. The lowest BCUT2D eigenvalue weighted by molar-refractivity contribution is 0.545. The summed E-state index contributed by atoms with van der Waals surface area (Å²) in [7, 11) is -3.57. The fourth-order valence-electron chi connectivity index (χ4n) is 2.87. The van der Waals surface area contributed by atoms with E-state index < -0.39 is 10.0 Å². The molecule has 1 fully saturated rings. The fraction of sp³-hybridized carbons (Fsp3) is 0.308. The van der Waals surface area contributed by atoms with Crippen LogP contribution in [0.4, 0.5) is 0 Å². The van der Waals surface area contributed by atoms with Crippen LogP contribution in [0.1, 0.15) is 12.8 Å². The van der Waals surface area contributed by atoms with Crippen molar-refractivity contribution in [2.75, 3.05) is 0 Å². The maximum Gasteiger partial charge on any atom is 0.234 e. The van der Waals surface area contributed by atoms with E-state index in [-0.39, 0.29) is 11.8 Å². The molecule has 3 rings (SSSR count). The highest BCUT2D eigenvalue weighted by atomic mass is 32.2. The Bertz CT molecular complexity index is 636. The summed E-state index contributed by atoms with van der Waals surface area (Å²) in [6.45, 7) is 0. The molecule has 1 saturated carbocycles. The third-order valence-corrected chi connectivity index (χ3v) is 4.80. The zero-order chi connectivity index (χ0) is 12.8. The van der Waals surface area contributed by atoms with Gasteiger partial charge < -0.3 is 0 Å². The molecule has 0 aromatic heterocycles. The Morgan fingerprint density at radius 1 is 1.22 bits per heavy atom. The van der Waals surface area contributed by atoms with Crippen molar-refractivity contribution in [3.8, 4) is 0 Å². The molecule has 3 aliphatic rings. The molecule has 1 heterocycles. The first-order valence-corrected chi connectivity index (χ1v) is 7.41. The number of nitrogens with two attached hydrogens (primary N) is 1. The van der Waals surface area contributed by atoms with Crippen molar-refractivity contribution in [2.45, 2.75) is 12.8 Å². The average molecular weight is 262 g/mol. The van der Waals surface area contributed by atoms with Crippen molar-refractivity contribution in [2.24, 2.45) is 22.0 Å². The Labute approximate surface area is 106 Å². The Kier molecular flexibility index (Phi) is 2.60. The highest BCUT2D eigenvalue weighted by Crippen LogP contribution is 2.47. The van der Waals surface area contributed by atoms with Gasteiger partial charge in [0.2, 0.25) is 10.0 Å². The van der Waals surface area contributed by atoms with Crippen LogP contribution in [0.2, 0.25) is 0 Å². The predicted molar refractivity (Wildman–Crippen MR) is 71.2 cm³/mol. The molecule has 0 bridgehead atoms. The highest BCUT2D eigenvalue weighted by molar-refractivity contribution is 7.93. The first-order chi connectivity index (χ1) is 8.55. The quantitative estimate of drug-likeness (QED) is 0.780. The first-order valence-electron chi connectivity index (χ1n) is 5.87. The lowest BCUT2D eigenvalue weighted by Crippen LogP contribution is -2.20. The third kappa shape index (κ3) is 1.89. The van der Waals surface area contributed by atoms with Crippen molar-refractivity contribution in [1.29, 1.82) is 0 Å². The van der Waals surface area contributed by atoms with Gasteiger partial charge in [0.1, 0.15) is 0 Å². The molecule has 0 unspecified atom stereocenters.